The van der Waals surface area contributed by atoms with Crippen LogP contribution in [0.5, 0.6) is 0 Å². The summed E-state index contributed by atoms with van der Waals surface area (Å²) in [5, 5.41) is 3.66. The van der Waals surface area contributed by atoms with Crippen LogP contribution >= 0.6 is 12.4 Å². The van der Waals surface area contributed by atoms with Crippen LogP contribution in [0.1, 0.15) is 62.5 Å². The van der Waals surface area contributed by atoms with Crippen LogP contribution < -0.4 is 5.32 Å². The van der Waals surface area contributed by atoms with Gasteiger partial charge >= 0.3 is 0 Å². The Morgan fingerprint density at radius 1 is 1.12 bits per heavy atom. The number of benzene rings is 1. The average molecular weight is 349 g/mol. The molecule has 4 heteroatoms. The minimum absolute atomic E-state index is 0. The highest BCUT2D eigenvalue weighted by molar-refractivity contribution is 5.85. The van der Waals surface area contributed by atoms with Gasteiger partial charge < -0.3 is 10.2 Å². The molecule has 3 nitrogen and oxygen atoms in total. The molecule has 4 unspecified atom stereocenters. The van der Waals surface area contributed by atoms with Gasteiger partial charge in [-0.25, -0.2) is 0 Å². The van der Waals surface area contributed by atoms with Gasteiger partial charge in [-0.3, -0.25) is 4.79 Å². The molecule has 2 saturated heterocycles. The molecule has 132 valence electrons. The highest BCUT2D eigenvalue weighted by atomic mass is 35.5. The Morgan fingerprint density at radius 3 is 2.54 bits per heavy atom. The number of fused-ring (bicyclic) bond motifs is 2. The molecule has 4 atom stereocenters. The van der Waals surface area contributed by atoms with Crippen LogP contribution in [-0.4, -0.2) is 36.0 Å². The third kappa shape index (κ3) is 3.48. The van der Waals surface area contributed by atoms with Crippen LogP contribution in [0.2, 0.25) is 0 Å². The van der Waals surface area contributed by atoms with E-state index >= 15 is 0 Å². The van der Waals surface area contributed by atoms with Crippen molar-refractivity contribution < 1.29 is 4.79 Å². The third-order valence-electron chi connectivity index (χ3n) is 5.97. The molecule has 1 amide bonds. The second-order valence-electron chi connectivity index (χ2n) is 7.98. The first-order valence-corrected chi connectivity index (χ1v) is 9.26. The Kier molecular flexibility index (Phi) is 5.22. The molecule has 3 aliphatic rings. The van der Waals surface area contributed by atoms with E-state index in [1.807, 2.05) is 0 Å². The van der Waals surface area contributed by atoms with Crippen molar-refractivity contribution in [3.8, 4) is 0 Å². The van der Waals surface area contributed by atoms with E-state index in [4.69, 9.17) is 0 Å². The fraction of sp³-hybridized carbons (Fsp3) is 0.650. The molecule has 2 heterocycles. The molecule has 1 aliphatic carbocycles. The van der Waals surface area contributed by atoms with E-state index < -0.39 is 0 Å². The number of amides is 1. The molecule has 1 N–H and O–H groups in total. The van der Waals surface area contributed by atoms with Gasteiger partial charge in [0, 0.05) is 31.1 Å². The van der Waals surface area contributed by atoms with Crippen LogP contribution in [0.3, 0.4) is 0 Å². The highest BCUT2D eigenvalue weighted by Crippen LogP contribution is 2.48. The van der Waals surface area contributed by atoms with Crippen LogP contribution in [0.25, 0.3) is 0 Å². The number of hydrogen-bond donors (Lipinski definition) is 1. The monoisotopic (exact) mass is 348 g/mol. The first-order valence-electron chi connectivity index (χ1n) is 9.26. The lowest BCUT2D eigenvalue weighted by Gasteiger charge is -2.24. The normalized spacial score (nSPS) is 31.5. The van der Waals surface area contributed by atoms with Crippen molar-refractivity contribution in [2.45, 2.75) is 63.5 Å². The van der Waals surface area contributed by atoms with Crippen molar-refractivity contribution in [3.63, 3.8) is 0 Å². The maximum absolute atomic E-state index is 12.8. The Balaban J connectivity index is 0.00000169. The molecule has 1 saturated carbocycles. The van der Waals surface area contributed by atoms with Crippen molar-refractivity contribution in [2.75, 3.05) is 13.1 Å². The van der Waals surface area contributed by atoms with Gasteiger partial charge in [0.15, 0.2) is 0 Å². The molecule has 4 rings (SSSR count). The number of nitrogens with zero attached hydrogens (tertiary/aromatic N) is 1. The Hall–Kier alpha value is -1.06. The SMILES string of the molecule is CC(C)c1ccc(C2CC2C(=O)N2CCC3CCC(C2)N3)cc1.Cl. The number of carbonyl (C=O) groups is 1. The standard InChI is InChI=1S/C20H28N2O.ClH/c1-13(2)14-3-5-15(6-4-14)18-11-19(18)20(23)22-10-9-16-7-8-17(12-22)21-16;/h3-6,13,16-19,21H,7-12H2,1-2H3;1H. The summed E-state index contributed by atoms with van der Waals surface area (Å²) in [5.41, 5.74) is 2.73. The van der Waals surface area contributed by atoms with Crippen molar-refractivity contribution in [3.05, 3.63) is 35.4 Å². The molecule has 0 radical (unpaired) electrons. The maximum atomic E-state index is 12.8. The Morgan fingerprint density at radius 2 is 1.83 bits per heavy atom. The number of halogens is 1. The topological polar surface area (TPSA) is 32.3 Å². The lowest BCUT2D eigenvalue weighted by atomic mass is 9.99. The molecule has 24 heavy (non-hydrogen) atoms. The fourth-order valence-corrected chi connectivity index (χ4v) is 4.34. The summed E-state index contributed by atoms with van der Waals surface area (Å²) in [4.78, 5) is 15.0. The number of nitrogens with one attached hydrogen (secondary N) is 1. The van der Waals surface area contributed by atoms with Crippen LogP contribution in [-0.2, 0) is 4.79 Å². The van der Waals surface area contributed by atoms with Gasteiger partial charge in [0.2, 0.25) is 5.91 Å². The Labute approximate surface area is 151 Å². The summed E-state index contributed by atoms with van der Waals surface area (Å²) in [6.45, 7) is 6.31. The zero-order valence-corrected chi connectivity index (χ0v) is 15.5. The highest BCUT2D eigenvalue weighted by Gasteiger charge is 2.46. The molecule has 1 aromatic rings. The van der Waals surface area contributed by atoms with Gasteiger partial charge in [0.1, 0.15) is 0 Å². The smallest absolute Gasteiger partial charge is 0.226 e. The van der Waals surface area contributed by atoms with E-state index in [9.17, 15) is 4.79 Å². The largest absolute Gasteiger partial charge is 0.341 e. The summed E-state index contributed by atoms with van der Waals surface area (Å²) in [5.74, 6) is 1.66. The maximum Gasteiger partial charge on any atom is 0.226 e. The lowest BCUT2D eigenvalue weighted by molar-refractivity contribution is -0.132. The molecule has 0 aromatic heterocycles. The van der Waals surface area contributed by atoms with Crippen LogP contribution in [0.15, 0.2) is 24.3 Å². The van der Waals surface area contributed by atoms with E-state index in [0.29, 0.717) is 29.8 Å². The van der Waals surface area contributed by atoms with Gasteiger partial charge in [-0.05, 0) is 48.6 Å². The van der Waals surface area contributed by atoms with Crippen molar-refractivity contribution in [2.24, 2.45) is 5.92 Å². The molecular weight excluding hydrogens is 320 g/mol. The van der Waals surface area contributed by atoms with Gasteiger partial charge in [0.25, 0.3) is 0 Å². The van der Waals surface area contributed by atoms with Gasteiger partial charge in [0.05, 0.1) is 0 Å². The second kappa shape index (κ2) is 7.05. The molecule has 2 bridgehead atoms. The predicted molar refractivity (Wildman–Crippen MR) is 99.8 cm³/mol. The lowest BCUT2D eigenvalue weighted by Crippen LogP contribution is -2.40. The summed E-state index contributed by atoms with van der Waals surface area (Å²) in [7, 11) is 0. The minimum atomic E-state index is 0. The van der Waals surface area contributed by atoms with Crippen molar-refractivity contribution in [1.82, 2.24) is 10.2 Å². The number of carbonyl (C=O) groups excluding carboxylic acids is 1. The van der Waals surface area contributed by atoms with Crippen LogP contribution in [0, 0.1) is 5.92 Å². The molecular formula is C20H29ClN2O. The van der Waals surface area contributed by atoms with E-state index in [1.165, 1.54) is 24.0 Å². The third-order valence-corrected chi connectivity index (χ3v) is 5.97. The van der Waals surface area contributed by atoms with Gasteiger partial charge in [-0.1, -0.05) is 38.1 Å². The second-order valence-corrected chi connectivity index (χ2v) is 7.98. The van der Waals surface area contributed by atoms with E-state index in [2.05, 4.69) is 48.3 Å². The van der Waals surface area contributed by atoms with Gasteiger partial charge in [-0.15, -0.1) is 12.4 Å². The molecule has 1 aromatic carbocycles. The fourth-order valence-electron chi connectivity index (χ4n) is 4.34. The van der Waals surface area contributed by atoms with Crippen molar-refractivity contribution >= 4 is 18.3 Å². The average Bonchev–Trinajstić information content (AvgIpc) is 3.25. The summed E-state index contributed by atoms with van der Waals surface area (Å²) in [6.07, 6.45) is 4.70. The van der Waals surface area contributed by atoms with E-state index in [-0.39, 0.29) is 18.3 Å². The first kappa shape index (κ1) is 17.8. The molecule has 3 fully saturated rings. The molecule has 2 aliphatic heterocycles. The van der Waals surface area contributed by atoms with Crippen LogP contribution in [0.4, 0.5) is 0 Å². The summed E-state index contributed by atoms with van der Waals surface area (Å²) in [6, 6.07) is 10.1. The van der Waals surface area contributed by atoms with Crippen molar-refractivity contribution in [1.29, 1.82) is 0 Å². The predicted octanol–water partition coefficient (Wildman–Crippen LogP) is 3.69. The number of rotatable bonds is 3. The number of hydrogen-bond acceptors (Lipinski definition) is 2. The number of likely N-dealkylation sites (tertiary alicyclic amines) is 1. The molecule has 0 spiro atoms. The zero-order chi connectivity index (χ0) is 16.0. The van der Waals surface area contributed by atoms with E-state index in [1.54, 1.807) is 0 Å². The van der Waals surface area contributed by atoms with Gasteiger partial charge in [-0.2, -0.15) is 0 Å². The van der Waals surface area contributed by atoms with E-state index in [0.717, 1.165) is 25.9 Å². The summed E-state index contributed by atoms with van der Waals surface area (Å²) >= 11 is 0. The zero-order valence-electron chi connectivity index (χ0n) is 14.7. The first-order chi connectivity index (χ1) is 11.1. The summed E-state index contributed by atoms with van der Waals surface area (Å²) < 4.78 is 0. The Bertz CT molecular complexity index is 586. The quantitative estimate of drug-likeness (QED) is 0.903. The minimum Gasteiger partial charge on any atom is -0.341 e.